The van der Waals surface area contributed by atoms with Gasteiger partial charge in [-0.2, -0.15) is 0 Å². The van der Waals surface area contributed by atoms with E-state index in [1.807, 2.05) is 0 Å². The summed E-state index contributed by atoms with van der Waals surface area (Å²) >= 11 is 0. The van der Waals surface area contributed by atoms with E-state index in [0.29, 0.717) is 6.04 Å². The van der Waals surface area contributed by atoms with Crippen molar-refractivity contribution in [1.82, 2.24) is 5.32 Å². The largest absolute Gasteiger partial charge is 0.383 e. The van der Waals surface area contributed by atoms with E-state index in [1.54, 1.807) is 7.11 Å². The van der Waals surface area contributed by atoms with Crippen molar-refractivity contribution in [3.05, 3.63) is 0 Å². The molecule has 0 amide bonds. The first-order valence-corrected chi connectivity index (χ1v) is 5.20. The molecule has 0 saturated carbocycles. The van der Waals surface area contributed by atoms with Crippen molar-refractivity contribution in [3.63, 3.8) is 0 Å². The first-order valence-electron chi connectivity index (χ1n) is 5.20. The second-order valence-electron chi connectivity index (χ2n) is 4.18. The highest BCUT2D eigenvalue weighted by Crippen LogP contribution is 2.28. The smallest absolute Gasteiger partial charge is 0.0615 e. The summed E-state index contributed by atoms with van der Waals surface area (Å²) in [5.41, 5.74) is 0. The molecule has 2 saturated heterocycles. The van der Waals surface area contributed by atoms with E-state index in [4.69, 9.17) is 9.47 Å². The third kappa shape index (κ3) is 2.22. The van der Waals surface area contributed by atoms with Gasteiger partial charge in [0, 0.05) is 26.4 Å². The standard InChI is InChI=1S/C10H19NO2/c1-12-7-10-4-9(5-11-10)8-2-3-13-6-8/h8-11H,2-7H2,1H3. The minimum absolute atomic E-state index is 0.579. The Balaban J connectivity index is 1.76. The van der Waals surface area contributed by atoms with Crippen LogP contribution in [0.5, 0.6) is 0 Å². The van der Waals surface area contributed by atoms with E-state index in [2.05, 4.69) is 5.32 Å². The van der Waals surface area contributed by atoms with Crippen molar-refractivity contribution in [3.8, 4) is 0 Å². The number of methoxy groups -OCH3 is 1. The van der Waals surface area contributed by atoms with E-state index < -0.39 is 0 Å². The van der Waals surface area contributed by atoms with Crippen molar-refractivity contribution in [2.75, 3.05) is 33.5 Å². The maximum absolute atomic E-state index is 5.41. The van der Waals surface area contributed by atoms with E-state index >= 15 is 0 Å². The molecule has 13 heavy (non-hydrogen) atoms. The summed E-state index contributed by atoms with van der Waals surface area (Å²) in [5.74, 6) is 1.62. The zero-order chi connectivity index (χ0) is 9.10. The SMILES string of the molecule is COCC1CC(C2CCOC2)CN1. The van der Waals surface area contributed by atoms with Gasteiger partial charge in [0.05, 0.1) is 6.61 Å². The molecule has 1 N–H and O–H groups in total. The van der Waals surface area contributed by atoms with Gasteiger partial charge in [-0.3, -0.25) is 0 Å². The number of hydrogen-bond donors (Lipinski definition) is 1. The molecular weight excluding hydrogens is 166 g/mol. The van der Waals surface area contributed by atoms with Gasteiger partial charge in [-0.25, -0.2) is 0 Å². The molecule has 0 radical (unpaired) electrons. The molecule has 0 bridgehead atoms. The lowest BCUT2D eigenvalue weighted by atomic mass is 9.90. The highest BCUT2D eigenvalue weighted by atomic mass is 16.5. The lowest BCUT2D eigenvalue weighted by molar-refractivity contribution is 0.163. The zero-order valence-electron chi connectivity index (χ0n) is 8.29. The Kier molecular flexibility index (Phi) is 3.19. The maximum atomic E-state index is 5.41. The maximum Gasteiger partial charge on any atom is 0.0615 e. The Morgan fingerprint density at radius 2 is 2.38 bits per heavy atom. The number of nitrogens with one attached hydrogen (secondary N) is 1. The van der Waals surface area contributed by atoms with Gasteiger partial charge in [-0.1, -0.05) is 0 Å². The Morgan fingerprint density at radius 1 is 1.46 bits per heavy atom. The second kappa shape index (κ2) is 4.40. The molecule has 2 rings (SSSR count). The fourth-order valence-corrected chi connectivity index (χ4v) is 2.46. The van der Waals surface area contributed by atoms with Crippen LogP contribution in [0.2, 0.25) is 0 Å². The number of ether oxygens (including phenoxy) is 2. The molecule has 76 valence electrons. The molecule has 3 heteroatoms. The predicted molar refractivity (Wildman–Crippen MR) is 50.7 cm³/mol. The molecule has 2 heterocycles. The zero-order valence-corrected chi connectivity index (χ0v) is 8.29. The van der Waals surface area contributed by atoms with Crippen molar-refractivity contribution >= 4 is 0 Å². The van der Waals surface area contributed by atoms with Gasteiger partial charge in [-0.05, 0) is 31.2 Å². The minimum atomic E-state index is 0.579. The summed E-state index contributed by atoms with van der Waals surface area (Å²) in [4.78, 5) is 0. The van der Waals surface area contributed by atoms with E-state index in [0.717, 1.165) is 38.2 Å². The van der Waals surface area contributed by atoms with E-state index in [9.17, 15) is 0 Å². The van der Waals surface area contributed by atoms with Crippen molar-refractivity contribution < 1.29 is 9.47 Å². The third-order valence-electron chi connectivity index (χ3n) is 3.26. The topological polar surface area (TPSA) is 30.5 Å². The molecular formula is C10H19NO2. The molecule has 0 spiro atoms. The van der Waals surface area contributed by atoms with Crippen LogP contribution < -0.4 is 5.32 Å². The lowest BCUT2D eigenvalue weighted by Crippen LogP contribution is -2.25. The molecule has 0 aromatic carbocycles. The summed E-state index contributed by atoms with van der Waals surface area (Å²) < 4.78 is 10.5. The summed E-state index contributed by atoms with van der Waals surface area (Å²) in [6.07, 6.45) is 2.52. The number of hydrogen-bond acceptors (Lipinski definition) is 3. The van der Waals surface area contributed by atoms with Crippen LogP contribution in [0, 0.1) is 11.8 Å². The van der Waals surface area contributed by atoms with Crippen LogP contribution in [0.3, 0.4) is 0 Å². The van der Waals surface area contributed by atoms with Crippen LogP contribution in [-0.2, 0) is 9.47 Å². The lowest BCUT2D eigenvalue weighted by Gasteiger charge is -2.15. The second-order valence-corrected chi connectivity index (χ2v) is 4.18. The van der Waals surface area contributed by atoms with E-state index in [1.165, 1.54) is 12.8 Å². The highest BCUT2D eigenvalue weighted by molar-refractivity contribution is 4.86. The van der Waals surface area contributed by atoms with Crippen molar-refractivity contribution in [2.24, 2.45) is 11.8 Å². The molecule has 0 aromatic rings. The third-order valence-corrected chi connectivity index (χ3v) is 3.26. The van der Waals surface area contributed by atoms with Gasteiger partial charge >= 0.3 is 0 Å². The molecule has 3 atom stereocenters. The van der Waals surface area contributed by atoms with Gasteiger partial charge in [0.2, 0.25) is 0 Å². The summed E-state index contributed by atoms with van der Waals surface area (Å²) in [7, 11) is 1.77. The summed E-state index contributed by atoms with van der Waals surface area (Å²) in [6, 6.07) is 0.579. The Morgan fingerprint density at radius 3 is 3.08 bits per heavy atom. The average molecular weight is 185 g/mol. The molecule has 0 aromatic heterocycles. The van der Waals surface area contributed by atoms with Crippen LogP contribution >= 0.6 is 0 Å². The Labute approximate surface area is 79.8 Å². The average Bonchev–Trinajstić information content (AvgIpc) is 2.70. The number of rotatable bonds is 3. The Bertz CT molecular complexity index is 157. The summed E-state index contributed by atoms with van der Waals surface area (Å²) in [6.45, 7) is 3.95. The van der Waals surface area contributed by atoms with Crippen LogP contribution in [0.4, 0.5) is 0 Å². The molecule has 3 unspecified atom stereocenters. The molecule has 3 nitrogen and oxygen atoms in total. The van der Waals surface area contributed by atoms with Gasteiger partial charge in [0.25, 0.3) is 0 Å². The predicted octanol–water partition coefficient (Wildman–Crippen LogP) is 0.647. The first-order chi connectivity index (χ1) is 6.40. The van der Waals surface area contributed by atoms with Gasteiger partial charge in [0.1, 0.15) is 0 Å². The molecule has 2 aliphatic rings. The van der Waals surface area contributed by atoms with Crippen molar-refractivity contribution in [1.29, 1.82) is 0 Å². The van der Waals surface area contributed by atoms with Gasteiger partial charge in [0.15, 0.2) is 0 Å². The highest BCUT2D eigenvalue weighted by Gasteiger charge is 2.32. The van der Waals surface area contributed by atoms with Crippen LogP contribution in [0.25, 0.3) is 0 Å². The van der Waals surface area contributed by atoms with Crippen LogP contribution in [-0.4, -0.2) is 39.5 Å². The Hall–Kier alpha value is -0.120. The molecule has 2 fully saturated rings. The fourth-order valence-electron chi connectivity index (χ4n) is 2.46. The summed E-state index contributed by atoms with van der Waals surface area (Å²) in [5, 5.41) is 3.50. The van der Waals surface area contributed by atoms with Crippen LogP contribution in [0.1, 0.15) is 12.8 Å². The molecule has 0 aliphatic carbocycles. The van der Waals surface area contributed by atoms with E-state index in [-0.39, 0.29) is 0 Å². The van der Waals surface area contributed by atoms with Gasteiger partial charge < -0.3 is 14.8 Å². The van der Waals surface area contributed by atoms with Crippen molar-refractivity contribution in [2.45, 2.75) is 18.9 Å². The fraction of sp³-hybridized carbons (Fsp3) is 1.00. The minimum Gasteiger partial charge on any atom is -0.383 e. The first kappa shape index (κ1) is 9.44. The molecule has 2 aliphatic heterocycles. The monoisotopic (exact) mass is 185 g/mol. The quantitative estimate of drug-likeness (QED) is 0.700. The van der Waals surface area contributed by atoms with Crippen LogP contribution in [0.15, 0.2) is 0 Å². The van der Waals surface area contributed by atoms with Gasteiger partial charge in [-0.15, -0.1) is 0 Å². The normalized spacial score (nSPS) is 39.9.